The number of hydrogen-bond donors (Lipinski definition) is 2. The van der Waals surface area contributed by atoms with E-state index in [0.717, 1.165) is 66.6 Å². The lowest BCUT2D eigenvalue weighted by atomic mass is 9.98. The van der Waals surface area contributed by atoms with Crippen LogP contribution in [0.5, 0.6) is 23.0 Å². The van der Waals surface area contributed by atoms with E-state index >= 15 is 0 Å². The topological polar surface area (TPSA) is 112 Å². The Kier molecular flexibility index (Phi) is 10.6. The van der Waals surface area contributed by atoms with Gasteiger partial charge in [0.15, 0.2) is 23.0 Å². The Bertz CT molecular complexity index is 1890. The molecule has 6 rings (SSSR count). The summed E-state index contributed by atoms with van der Waals surface area (Å²) in [6.45, 7) is 3.34. The van der Waals surface area contributed by atoms with Crippen molar-refractivity contribution in [1.82, 2.24) is 19.9 Å². The Hall–Kier alpha value is -5.55. The first-order chi connectivity index (χ1) is 24.0. The third kappa shape index (κ3) is 8.13. The molecule has 11 heteroatoms. The molecule has 1 aliphatic heterocycles. The summed E-state index contributed by atoms with van der Waals surface area (Å²) in [5.41, 5.74) is 7.92. The lowest BCUT2D eigenvalue weighted by molar-refractivity contribution is -0.115. The third-order valence-electron chi connectivity index (χ3n) is 8.73. The molecule has 49 heavy (non-hydrogen) atoms. The Morgan fingerprint density at radius 3 is 2.18 bits per heavy atom. The molecule has 0 radical (unpaired) electrons. The number of fused-ring (bicyclic) bond motifs is 1. The number of carbonyl (C=O) groups excluding carboxylic acids is 1. The van der Waals surface area contributed by atoms with Crippen LogP contribution in [0.4, 0.5) is 11.4 Å². The summed E-state index contributed by atoms with van der Waals surface area (Å²) >= 11 is 0. The van der Waals surface area contributed by atoms with Crippen molar-refractivity contribution in [2.24, 2.45) is 0 Å². The Labute approximate surface area is 286 Å². The van der Waals surface area contributed by atoms with Gasteiger partial charge in [-0.25, -0.2) is 4.68 Å². The molecule has 254 valence electrons. The van der Waals surface area contributed by atoms with Crippen LogP contribution >= 0.6 is 0 Å². The van der Waals surface area contributed by atoms with Crippen molar-refractivity contribution in [3.05, 3.63) is 113 Å². The molecule has 0 spiro atoms. The molecule has 1 aromatic heterocycles. The maximum atomic E-state index is 12.9. The number of benzene rings is 4. The summed E-state index contributed by atoms with van der Waals surface area (Å²) in [6.07, 6.45) is 4.06. The van der Waals surface area contributed by atoms with Gasteiger partial charge in [0, 0.05) is 19.6 Å². The highest BCUT2D eigenvalue weighted by atomic mass is 16.5. The third-order valence-corrected chi connectivity index (χ3v) is 8.73. The van der Waals surface area contributed by atoms with E-state index in [1.165, 1.54) is 16.7 Å². The van der Waals surface area contributed by atoms with Gasteiger partial charge in [-0.1, -0.05) is 35.5 Å². The lowest BCUT2D eigenvalue weighted by Crippen LogP contribution is -2.32. The van der Waals surface area contributed by atoms with E-state index in [1.807, 2.05) is 42.6 Å². The van der Waals surface area contributed by atoms with Crippen molar-refractivity contribution >= 4 is 17.3 Å². The Morgan fingerprint density at radius 2 is 1.45 bits per heavy atom. The fourth-order valence-corrected chi connectivity index (χ4v) is 6.04. The fraction of sp³-hybridized carbons (Fsp3) is 0.289. The highest BCUT2D eigenvalue weighted by molar-refractivity contribution is 5.95. The molecule has 5 aromatic rings. The first-order valence-electron chi connectivity index (χ1n) is 16.3. The van der Waals surface area contributed by atoms with E-state index in [1.54, 1.807) is 39.2 Å². The summed E-state index contributed by atoms with van der Waals surface area (Å²) in [5, 5.41) is 15.1. The smallest absolute Gasteiger partial charge is 0.228 e. The second-order valence-corrected chi connectivity index (χ2v) is 11.9. The van der Waals surface area contributed by atoms with Crippen molar-refractivity contribution in [1.29, 1.82) is 0 Å². The van der Waals surface area contributed by atoms with Gasteiger partial charge in [0.25, 0.3) is 0 Å². The number of hydrogen-bond acceptors (Lipinski definition) is 9. The molecule has 0 aliphatic carbocycles. The SMILES string of the molecule is COc1ccc(CC(=O)Nc2ccccc2NCc2cn(-c3ccc(CCN4CCc5cc(OC)c(OC)cc5C4)cc3)nn2)cc1OC. The quantitative estimate of drug-likeness (QED) is 0.155. The molecule has 0 fully saturated rings. The molecule has 4 aromatic carbocycles. The molecule has 0 saturated heterocycles. The molecule has 11 nitrogen and oxygen atoms in total. The number of carbonyl (C=O) groups is 1. The number of nitrogens with zero attached hydrogens (tertiary/aromatic N) is 4. The van der Waals surface area contributed by atoms with Crippen LogP contribution in [0.15, 0.2) is 85.1 Å². The minimum Gasteiger partial charge on any atom is -0.493 e. The predicted molar refractivity (Wildman–Crippen MR) is 189 cm³/mol. The first kappa shape index (κ1) is 33.4. The number of para-hydroxylation sites is 2. The molecule has 1 aliphatic rings. The Morgan fingerprint density at radius 1 is 0.776 bits per heavy atom. The van der Waals surface area contributed by atoms with Crippen LogP contribution < -0.4 is 29.6 Å². The van der Waals surface area contributed by atoms with Gasteiger partial charge in [0.2, 0.25) is 5.91 Å². The fourth-order valence-electron chi connectivity index (χ4n) is 6.04. The predicted octanol–water partition coefficient (Wildman–Crippen LogP) is 5.70. The number of aromatic nitrogens is 3. The molecular formula is C38H42N6O5. The normalized spacial score (nSPS) is 12.6. The van der Waals surface area contributed by atoms with Crippen molar-refractivity contribution in [2.45, 2.75) is 32.4 Å². The van der Waals surface area contributed by atoms with Crippen molar-refractivity contribution in [3.8, 4) is 28.7 Å². The summed E-state index contributed by atoms with van der Waals surface area (Å²) in [7, 11) is 6.52. The monoisotopic (exact) mass is 662 g/mol. The van der Waals surface area contributed by atoms with Crippen LogP contribution in [0.2, 0.25) is 0 Å². The van der Waals surface area contributed by atoms with Gasteiger partial charge in [0.1, 0.15) is 5.69 Å². The van der Waals surface area contributed by atoms with Crippen LogP contribution in [-0.2, 0) is 37.1 Å². The molecule has 1 amide bonds. The van der Waals surface area contributed by atoms with Gasteiger partial charge in [-0.15, -0.1) is 5.10 Å². The molecule has 0 bridgehead atoms. The van der Waals surface area contributed by atoms with E-state index in [0.29, 0.717) is 23.7 Å². The zero-order chi connectivity index (χ0) is 34.2. The van der Waals surface area contributed by atoms with Crippen LogP contribution in [0, 0.1) is 0 Å². The summed E-state index contributed by atoms with van der Waals surface area (Å²) in [6, 6.07) is 25.7. The van der Waals surface area contributed by atoms with Crippen molar-refractivity contribution in [3.63, 3.8) is 0 Å². The second-order valence-electron chi connectivity index (χ2n) is 11.9. The average Bonchev–Trinajstić information content (AvgIpc) is 3.62. The molecular weight excluding hydrogens is 620 g/mol. The van der Waals surface area contributed by atoms with Crippen LogP contribution in [-0.4, -0.2) is 67.3 Å². The maximum absolute atomic E-state index is 12.9. The first-order valence-corrected chi connectivity index (χ1v) is 16.3. The minimum absolute atomic E-state index is 0.140. The van der Waals surface area contributed by atoms with Crippen LogP contribution in [0.1, 0.15) is 27.9 Å². The minimum atomic E-state index is -0.140. The Balaban J connectivity index is 1.00. The van der Waals surface area contributed by atoms with Gasteiger partial charge < -0.3 is 29.6 Å². The number of nitrogens with one attached hydrogen (secondary N) is 2. The molecule has 2 heterocycles. The van der Waals surface area contributed by atoms with Crippen molar-refractivity contribution < 1.29 is 23.7 Å². The number of anilines is 2. The number of methoxy groups -OCH3 is 4. The average molecular weight is 663 g/mol. The number of ether oxygens (including phenoxy) is 4. The molecule has 0 atom stereocenters. The van der Waals surface area contributed by atoms with E-state index in [-0.39, 0.29) is 12.3 Å². The van der Waals surface area contributed by atoms with Gasteiger partial charge >= 0.3 is 0 Å². The van der Waals surface area contributed by atoms with Gasteiger partial charge in [0.05, 0.1) is 64.7 Å². The standard InChI is InChI=1S/C38H42N6O5/c1-46-34-14-11-27(19-35(34)47-2)20-38(45)40-33-8-6-5-7-32(33)39-23-30-25-44(42-41-30)31-12-9-26(10-13-31)15-17-43-18-16-28-21-36(48-3)37(49-4)22-29(28)24-43/h5-14,19,21-22,25,39H,15-18,20,23-24H2,1-4H3,(H,40,45). The van der Waals surface area contributed by atoms with Crippen molar-refractivity contribution in [2.75, 3.05) is 52.2 Å². The van der Waals surface area contributed by atoms with Crippen LogP contribution in [0.3, 0.4) is 0 Å². The summed E-state index contributed by atoms with van der Waals surface area (Å²) < 4.78 is 23.4. The van der Waals surface area contributed by atoms with Gasteiger partial charge in [-0.05, 0) is 83.6 Å². The highest BCUT2D eigenvalue weighted by Crippen LogP contribution is 2.33. The van der Waals surface area contributed by atoms with Gasteiger partial charge in [-0.2, -0.15) is 0 Å². The number of rotatable bonds is 14. The summed E-state index contributed by atoms with van der Waals surface area (Å²) in [5.74, 6) is 2.64. The summed E-state index contributed by atoms with van der Waals surface area (Å²) in [4.78, 5) is 15.4. The second kappa shape index (κ2) is 15.6. The van der Waals surface area contributed by atoms with E-state index in [4.69, 9.17) is 18.9 Å². The molecule has 2 N–H and O–H groups in total. The van der Waals surface area contributed by atoms with Gasteiger partial charge in [-0.3, -0.25) is 9.69 Å². The highest BCUT2D eigenvalue weighted by Gasteiger charge is 2.19. The zero-order valence-corrected chi connectivity index (χ0v) is 28.4. The zero-order valence-electron chi connectivity index (χ0n) is 28.4. The van der Waals surface area contributed by atoms with E-state index in [2.05, 4.69) is 62.2 Å². The van der Waals surface area contributed by atoms with E-state index in [9.17, 15) is 4.79 Å². The number of amides is 1. The molecule has 0 saturated carbocycles. The van der Waals surface area contributed by atoms with E-state index < -0.39 is 0 Å². The largest absolute Gasteiger partial charge is 0.493 e. The molecule has 0 unspecified atom stereocenters. The maximum Gasteiger partial charge on any atom is 0.228 e. The van der Waals surface area contributed by atoms with Crippen LogP contribution in [0.25, 0.3) is 5.69 Å². The lowest BCUT2D eigenvalue weighted by Gasteiger charge is -2.29.